The lowest BCUT2D eigenvalue weighted by Gasteiger charge is -2.25. The third kappa shape index (κ3) is 5.10. The number of carbonyl (C=O) groups excluding carboxylic acids is 2. The topological polar surface area (TPSA) is 76.1 Å². The maximum atomic E-state index is 13.8. The molecule has 1 N–H and O–H groups in total. The van der Waals surface area contributed by atoms with Gasteiger partial charge >= 0.3 is 0 Å². The number of nitrogens with zero attached hydrogens (tertiary/aromatic N) is 1. The Kier molecular flexibility index (Phi) is 7.27. The zero-order valence-electron chi connectivity index (χ0n) is 19.5. The minimum absolute atomic E-state index is 0.0462. The van der Waals surface area contributed by atoms with Crippen LogP contribution in [0.15, 0.2) is 78.4 Å². The number of halogens is 1. The number of rotatable bonds is 8. The number of aryl methyl sites for hydroxylation is 1. The summed E-state index contributed by atoms with van der Waals surface area (Å²) in [5.74, 6) is -1.67. The van der Waals surface area contributed by atoms with Crippen molar-refractivity contribution in [3.05, 3.63) is 106 Å². The molecule has 1 saturated heterocycles. The van der Waals surface area contributed by atoms with Crippen molar-refractivity contribution in [1.29, 1.82) is 0 Å². The van der Waals surface area contributed by atoms with E-state index in [1.807, 2.05) is 30.3 Å². The van der Waals surface area contributed by atoms with Crippen LogP contribution in [0.4, 0.5) is 4.39 Å². The summed E-state index contributed by atoms with van der Waals surface area (Å²) in [6.07, 6.45) is 0. The Balaban J connectivity index is 1.69. The van der Waals surface area contributed by atoms with Gasteiger partial charge in [-0.25, -0.2) is 4.39 Å². The fourth-order valence-electron chi connectivity index (χ4n) is 4.08. The van der Waals surface area contributed by atoms with E-state index in [1.54, 1.807) is 31.2 Å². The zero-order valence-corrected chi connectivity index (χ0v) is 19.5. The van der Waals surface area contributed by atoms with Crippen LogP contribution in [0, 0.1) is 12.7 Å². The Labute approximate surface area is 203 Å². The second-order valence-electron chi connectivity index (χ2n) is 8.29. The molecule has 1 unspecified atom stereocenters. The Morgan fingerprint density at radius 3 is 2.40 bits per heavy atom. The number of hydrogen-bond donors (Lipinski definition) is 1. The van der Waals surface area contributed by atoms with Crippen LogP contribution in [0.2, 0.25) is 0 Å². The average molecular weight is 476 g/mol. The molecule has 35 heavy (non-hydrogen) atoms. The van der Waals surface area contributed by atoms with Gasteiger partial charge in [-0.05, 0) is 53.9 Å². The average Bonchev–Trinajstić information content (AvgIpc) is 3.13. The summed E-state index contributed by atoms with van der Waals surface area (Å²) >= 11 is 0. The first-order chi connectivity index (χ1) is 16.9. The number of benzene rings is 3. The summed E-state index contributed by atoms with van der Waals surface area (Å²) < 4.78 is 24.8. The molecule has 4 rings (SSSR count). The number of likely N-dealkylation sites (tertiary alicyclic amines) is 1. The summed E-state index contributed by atoms with van der Waals surface area (Å²) in [5, 5.41) is 11.1. The van der Waals surface area contributed by atoms with E-state index >= 15 is 0 Å². The predicted octanol–water partition coefficient (Wildman–Crippen LogP) is 4.78. The quantitative estimate of drug-likeness (QED) is 0.288. The Morgan fingerprint density at radius 1 is 1.03 bits per heavy atom. The highest BCUT2D eigenvalue weighted by molar-refractivity contribution is 6.46. The van der Waals surface area contributed by atoms with Crippen molar-refractivity contribution in [3.8, 4) is 5.75 Å². The molecule has 1 atom stereocenters. The molecule has 3 aromatic carbocycles. The van der Waals surface area contributed by atoms with Gasteiger partial charge in [0.2, 0.25) is 0 Å². The Bertz CT molecular complexity index is 1250. The SMILES string of the molecule is COCCN1C(=O)C(=O)/C(=C(\O)c2ccc(F)c(C)c2)C1c1ccc(OCc2ccccc2)cc1. The monoisotopic (exact) mass is 475 g/mol. The van der Waals surface area contributed by atoms with E-state index in [-0.39, 0.29) is 30.0 Å². The first kappa shape index (κ1) is 24.2. The van der Waals surface area contributed by atoms with Crippen LogP contribution in [0.25, 0.3) is 5.76 Å². The number of hydrogen-bond acceptors (Lipinski definition) is 5. The number of ether oxygens (including phenoxy) is 2. The first-order valence-corrected chi connectivity index (χ1v) is 11.2. The van der Waals surface area contributed by atoms with Gasteiger partial charge in [-0.3, -0.25) is 9.59 Å². The summed E-state index contributed by atoms with van der Waals surface area (Å²) in [7, 11) is 1.51. The van der Waals surface area contributed by atoms with Crippen LogP contribution in [-0.2, 0) is 20.9 Å². The third-order valence-electron chi connectivity index (χ3n) is 5.95. The molecule has 0 saturated carbocycles. The van der Waals surface area contributed by atoms with E-state index < -0.39 is 23.5 Å². The number of aliphatic hydroxyl groups is 1. The van der Waals surface area contributed by atoms with Crippen molar-refractivity contribution in [2.45, 2.75) is 19.6 Å². The largest absolute Gasteiger partial charge is 0.507 e. The van der Waals surface area contributed by atoms with Gasteiger partial charge in [0.05, 0.1) is 18.2 Å². The molecule has 0 bridgehead atoms. The highest BCUT2D eigenvalue weighted by atomic mass is 19.1. The van der Waals surface area contributed by atoms with Crippen molar-refractivity contribution in [2.75, 3.05) is 20.3 Å². The number of ketones is 1. The van der Waals surface area contributed by atoms with Crippen molar-refractivity contribution in [3.63, 3.8) is 0 Å². The number of carbonyl (C=O) groups is 2. The number of Topliss-reactive ketones (excluding diaryl/α,β-unsaturated/α-hetero) is 1. The van der Waals surface area contributed by atoms with Crippen LogP contribution in [-0.4, -0.2) is 42.0 Å². The molecule has 0 radical (unpaired) electrons. The normalized spacial score (nSPS) is 17.1. The van der Waals surface area contributed by atoms with Crippen LogP contribution in [0.3, 0.4) is 0 Å². The van der Waals surface area contributed by atoms with Gasteiger partial charge in [0.1, 0.15) is 23.9 Å². The summed E-state index contributed by atoms with van der Waals surface area (Å²) in [5.41, 5.74) is 2.20. The molecule has 1 aliphatic rings. The first-order valence-electron chi connectivity index (χ1n) is 11.2. The van der Waals surface area contributed by atoms with Gasteiger partial charge in [0.25, 0.3) is 11.7 Å². The van der Waals surface area contributed by atoms with Gasteiger partial charge in [0.15, 0.2) is 0 Å². The van der Waals surface area contributed by atoms with Crippen molar-refractivity contribution >= 4 is 17.4 Å². The van der Waals surface area contributed by atoms with Crippen molar-refractivity contribution in [2.24, 2.45) is 0 Å². The number of methoxy groups -OCH3 is 1. The Morgan fingerprint density at radius 2 is 1.74 bits per heavy atom. The van der Waals surface area contributed by atoms with Gasteiger partial charge < -0.3 is 19.5 Å². The van der Waals surface area contributed by atoms with Crippen LogP contribution < -0.4 is 4.74 Å². The lowest BCUT2D eigenvalue weighted by atomic mass is 9.94. The van der Waals surface area contributed by atoms with Gasteiger partial charge in [-0.15, -0.1) is 0 Å². The minimum Gasteiger partial charge on any atom is -0.507 e. The summed E-state index contributed by atoms with van der Waals surface area (Å²) in [6, 6.07) is 20.0. The van der Waals surface area contributed by atoms with Crippen LogP contribution in [0.5, 0.6) is 5.75 Å². The highest BCUT2D eigenvalue weighted by Crippen LogP contribution is 2.39. The Hall–Kier alpha value is -3.97. The molecule has 1 amide bonds. The lowest BCUT2D eigenvalue weighted by Crippen LogP contribution is -2.32. The van der Waals surface area contributed by atoms with Crippen LogP contribution >= 0.6 is 0 Å². The summed E-state index contributed by atoms with van der Waals surface area (Å²) in [6.45, 7) is 2.35. The number of amides is 1. The van der Waals surface area contributed by atoms with Crippen molar-refractivity contribution in [1.82, 2.24) is 4.90 Å². The van der Waals surface area contributed by atoms with E-state index in [2.05, 4.69) is 0 Å². The maximum absolute atomic E-state index is 13.8. The molecular formula is C28H26FNO5. The second-order valence-corrected chi connectivity index (χ2v) is 8.29. The van der Waals surface area contributed by atoms with Crippen LogP contribution in [0.1, 0.15) is 28.3 Å². The van der Waals surface area contributed by atoms with Gasteiger partial charge in [0, 0.05) is 19.2 Å². The van der Waals surface area contributed by atoms with E-state index in [9.17, 15) is 19.1 Å². The van der Waals surface area contributed by atoms with Gasteiger partial charge in [-0.1, -0.05) is 42.5 Å². The van der Waals surface area contributed by atoms with E-state index in [1.165, 1.54) is 30.2 Å². The predicted molar refractivity (Wildman–Crippen MR) is 129 cm³/mol. The van der Waals surface area contributed by atoms with Gasteiger partial charge in [-0.2, -0.15) is 0 Å². The molecule has 1 aliphatic heterocycles. The maximum Gasteiger partial charge on any atom is 0.295 e. The van der Waals surface area contributed by atoms with E-state index in [0.717, 1.165) is 5.56 Å². The fraction of sp³-hybridized carbons (Fsp3) is 0.214. The molecular weight excluding hydrogens is 449 g/mol. The third-order valence-corrected chi connectivity index (χ3v) is 5.95. The fourth-order valence-corrected chi connectivity index (χ4v) is 4.08. The minimum atomic E-state index is -0.821. The number of aliphatic hydroxyl groups excluding tert-OH is 1. The smallest absolute Gasteiger partial charge is 0.295 e. The molecule has 0 spiro atoms. The standard InChI is InChI=1S/C28H26FNO5/c1-18-16-21(10-13-23(18)29)26(31)24-25(30(14-15-34-2)28(33)27(24)32)20-8-11-22(12-9-20)35-17-19-6-4-3-5-7-19/h3-13,16,25,31H,14-15,17H2,1-2H3/b26-24-. The summed E-state index contributed by atoms with van der Waals surface area (Å²) in [4.78, 5) is 27.3. The molecule has 7 heteroatoms. The molecule has 1 heterocycles. The van der Waals surface area contributed by atoms with Crippen molar-refractivity contribution < 1.29 is 28.6 Å². The second kappa shape index (κ2) is 10.5. The molecule has 0 aromatic heterocycles. The molecule has 180 valence electrons. The molecule has 0 aliphatic carbocycles. The van der Waals surface area contributed by atoms with E-state index in [4.69, 9.17) is 9.47 Å². The highest BCUT2D eigenvalue weighted by Gasteiger charge is 2.45. The zero-order chi connectivity index (χ0) is 24.9. The molecule has 1 fully saturated rings. The van der Waals surface area contributed by atoms with E-state index in [0.29, 0.717) is 23.5 Å². The molecule has 3 aromatic rings. The molecule has 6 nitrogen and oxygen atoms in total. The lowest BCUT2D eigenvalue weighted by molar-refractivity contribution is -0.140.